The first-order valence-electron chi connectivity index (χ1n) is 7.18. The number of nitrogens with zero attached hydrogens (tertiary/aromatic N) is 1. The quantitative estimate of drug-likeness (QED) is 0.668. The van der Waals surface area contributed by atoms with Gasteiger partial charge >= 0.3 is 0 Å². The second kappa shape index (κ2) is 6.59. The molecule has 0 saturated carbocycles. The maximum absolute atomic E-state index is 11.0. The maximum Gasteiger partial charge on any atom is 0.228 e. The topological polar surface area (TPSA) is 67.2 Å². The smallest absolute Gasteiger partial charge is 0.228 e. The zero-order chi connectivity index (χ0) is 17.3. The van der Waals surface area contributed by atoms with Gasteiger partial charge in [0.15, 0.2) is 10.7 Å². The first-order chi connectivity index (χ1) is 11.4. The van der Waals surface area contributed by atoms with Gasteiger partial charge in [-0.3, -0.25) is 4.79 Å². The van der Waals surface area contributed by atoms with Crippen molar-refractivity contribution in [1.29, 1.82) is 0 Å². The predicted octanol–water partition coefficient (Wildman–Crippen LogP) is 4.29. The van der Waals surface area contributed by atoms with Crippen LogP contribution in [0.4, 0.5) is 5.69 Å². The first kappa shape index (κ1) is 16.4. The molecule has 0 atom stereocenters. The molecule has 0 aliphatic rings. The van der Waals surface area contributed by atoms with Crippen LogP contribution in [0.15, 0.2) is 40.8 Å². The van der Waals surface area contributed by atoms with Crippen LogP contribution < -0.4 is 10.6 Å². The van der Waals surface area contributed by atoms with Crippen LogP contribution in [0.3, 0.4) is 0 Å². The number of amides is 1. The molecule has 0 radical (unpaired) electrons. The molecule has 7 heteroatoms. The Kier molecular flexibility index (Phi) is 4.51. The van der Waals surface area contributed by atoms with E-state index in [2.05, 4.69) is 15.6 Å². The number of anilines is 1. The van der Waals surface area contributed by atoms with Gasteiger partial charge in [0.25, 0.3) is 0 Å². The molecule has 5 nitrogen and oxygen atoms in total. The zero-order valence-corrected chi connectivity index (χ0v) is 14.6. The molecule has 1 aromatic heterocycles. The molecule has 3 aromatic rings. The number of halogens is 1. The van der Waals surface area contributed by atoms with Gasteiger partial charge in [-0.15, -0.1) is 0 Å². The van der Waals surface area contributed by atoms with E-state index in [0.717, 1.165) is 11.1 Å². The predicted molar refractivity (Wildman–Crippen MR) is 99.2 cm³/mol. The highest BCUT2D eigenvalue weighted by atomic mass is 35.5. The lowest BCUT2D eigenvalue weighted by atomic mass is 10.2. The van der Waals surface area contributed by atoms with Crippen LogP contribution in [-0.2, 0) is 4.79 Å². The molecule has 0 spiro atoms. The Hall–Kier alpha value is -2.44. The van der Waals surface area contributed by atoms with Gasteiger partial charge in [-0.25, -0.2) is 4.98 Å². The fraction of sp³-hybridized carbons (Fsp3) is 0.118. The van der Waals surface area contributed by atoms with E-state index in [1.807, 2.05) is 25.1 Å². The van der Waals surface area contributed by atoms with Crippen LogP contribution in [-0.4, -0.2) is 16.0 Å². The summed E-state index contributed by atoms with van der Waals surface area (Å²) in [6.45, 7) is 3.38. The van der Waals surface area contributed by atoms with E-state index in [9.17, 15) is 4.79 Å². The number of hydrogen-bond acceptors (Lipinski definition) is 4. The molecule has 2 N–H and O–H groups in total. The van der Waals surface area contributed by atoms with Crippen LogP contribution in [0.25, 0.3) is 22.6 Å². The maximum atomic E-state index is 11.0. The van der Waals surface area contributed by atoms with Gasteiger partial charge in [0, 0.05) is 12.6 Å². The summed E-state index contributed by atoms with van der Waals surface area (Å²) in [5.41, 5.74) is 3.88. The van der Waals surface area contributed by atoms with Crippen LogP contribution in [0.2, 0.25) is 5.02 Å². The number of fused-ring (bicyclic) bond motifs is 1. The summed E-state index contributed by atoms with van der Waals surface area (Å²) >= 11 is 11.3. The van der Waals surface area contributed by atoms with Crippen molar-refractivity contribution in [3.05, 3.63) is 47.0 Å². The van der Waals surface area contributed by atoms with E-state index in [1.165, 1.54) is 6.92 Å². The van der Waals surface area contributed by atoms with Crippen molar-refractivity contribution in [3.63, 3.8) is 0 Å². The van der Waals surface area contributed by atoms with Crippen molar-refractivity contribution >= 4 is 51.6 Å². The summed E-state index contributed by atoms with van der Waals surface area (Å²) < 4.78 is 5.79. The van der Waals surface area contributed by atoms with Gasteiger partial charge < -0.3 is 15.1 Å². The largest absolute Gasteiger partial charge is 0.436 e. The zero-order valence-electron chi connectivity index (χ0n) is 13.0. The number of carbonyl (C=O) groups is 1. The molecule has 0 unspecified atom stereocenters. The Morgan fingerprint density at radius 2 is 2.04 bits per heavy atom. The van der Waals surface area contributed by atoms with E-state index in [0.29, 0.717) is 27.7 Å². The highest BCUT2D eigenvalue weighted by Crippen LogP contribution is 2.32. The molecule has 122 valence electrons. The van der Waals surface area contributed by atoms with Crippen molar-refractivity contribution in [1.82, 2.24) is 10.3 Å². The molecule has 3 rings (SSSR count). The van der Waals surface area contributed by atoms with Gasteiger partial charge in [0.05, 0.1) is 10.6 Å². The second-order valence-corrected chi connectivity index (χ2v) is 6.14. The van der Waals surface area contributed by atoms with Gasteiger partial charge in [-0.05, 0) is 55.0 Å². The highest BCUT2D eigenvalue weighted by molar-refractivity contribution is 7.80. The average molecular weight is 360 g/mol. The monoisotopic (exact) mass is 359 g/mol. The number of oxazole rings is 1. The molecule has 0 bridgehead atoms. The highest BCUT2D eigenvalue weighted by Gasteiger charge is 2.13. The minimum Gasteiger partial charge on any atom is -0.436 e. The lowest BCUT2D eigenvalue weighted by molar-refractivity contribution is -0.117. The first-order valence-corrected chi connectivity index (χ1v) is 7.96. The average Bonchev–Trinajstić information content (AvgIpc) is 2.91. The molecule has 0 saturated heterocycles. The van der Waals surface area contributed by atoms with E-state index >= 15 is 0 Å². The molecule has 0 aliphatic carbocycles. The Bertz CT molecular complexity index is 952. The summed E-state index contributed by atoms with van der Waals surface area (Å²) in [6.07, 6.45) is 0. The van der Waals surface area contributed by atoms with Crippen LogP contribution >= 0.6 is 23.8 Å². The van der Waals surface area contributed by atoms with Gasteiger partial charge in [0.1, 0.15) is 5.52 Å². The number of carbonyl (C=O) groups excluding carboxylic acids is 1. The van der Waals surface area contributed by atoms with Crippen molar-refractivity contribution in [2.24, 2.45) is 0 Å². The minimum atomic E-state index is -0.240. The van der Waals surface area contributed by atoms with E-state index in [1.54, 1.807) is 18.2 Å². The summed E-state index contributed by atoms with van der Waals surface area (Å²) in [6, 6.07) is 11.0. The standard InChI is InChI=1S/C17H14ClN3O2S/c1-9-3-6-15-14(7-9)21-16(23-15)12-8-11(4-5-13(12)18)20-17(24)19-10(2)22/h3-8H,1-2H3,(H2,19,20,22,24). The minimum absolute atomic E-state index is 0.212. The number of aryl methyl sites for hydroxylation is 1. The number of rotatable bonds is 2. The normalized spacial score (nSPS) is 10.6. The third-order valence-corrected chi connectivity index (χ3v) is 3.82. The number of benzene rings is 2. The number of aromatic nitrogens is 1. The fourth-order valence-electron chi connectivity index (χ4n) is 2.24. The number of thiocarbonyl (C=S) groups is 1. The summed E-state index contributed by atoms with van der Waals surface area (Å²) in [5.74, 6) is 0.186. The lowest BCUT2D eigenvalue weighted by Gasteiger charge is -2.09. The van der Waals surface area contributed by atoms with E-state index in [-0.39, 0.29) is 11.0 Å². The summed E-state index contributed by atoms with van der Waals surface area (Å²) in [5, 5.41) is 6.15. The Labute approximate surface area is 149 Å². The number of nitrogens with one attached hydrogen (secondary N) is 2. The molecular weight excluding hydrogens is 346 g/mol. The van der Waals surface area contributed by atoms with Crippen LogP contribution in [0.5, 0.6) is 0 Å². The van der Waals surface area contributed by atoms with Crippen LogP contribution in [0, 0.1) is 6.92 Å². The third-order valence-electron chi connectivity index (χ3n) is 3.29. The number of hydrogen-bond donors (Lipinski definition) is 2. The van der Waals surface area contributed by atoms with Crippen LogP contribution in [0.1, 0.15) is 12.5 Å². The Balaban J connectivity index is 1.95. The fourth-order valence-corrected chi connectivity index (χ4v) is 2.70. The van der Waals surface area contributed by atoms with Crippen molar-refractivity contribution in [2.75, 3.05) is 5.32 Å². The molecule has 24 heavy (non-hydrogen) atoms. The summed E-state index contributed by atoms with van der Waals surface area (Å²) in [7, 11) is 0. The molecule has 0 fully saturated rings. The molecule has 1 heterocycles. The van der Waals surface area contributed by atoms with E-state index in [4.69, 9.17) is 28.2 Å². The molecule has 1 amide bonds. The third kappa shape index (κ3) is 3.55. The molecule has 0 aliphatic heterocycles. The van der Waals surface area contributed by atoms with Gasteiger partial charge in [0.2, 0.25) is 11.8 Å². The lowest BCUT2D eigenvalue weighted by Crippen LogP contribution is -2.32. The second-order valence-electron chi connectivity index (χ2n) is 5.32. The molecular formula is C17H14ClN3O2S. The van der Waals surface area contributed by atoms with Gasteiger partial charge in [-0.1, -0.05) is 17.7 Å². The van der Waals surface area contributed by atoms with Crippen molar-refractivity contribution < 1.29 is 9.21 Å². The van der Waals surface area contributed by atoms with E-state index < -0.39 is 0 Å². The SMILES string of the molecule is CC(=O)NC(=S)Nc1ccc(Cl)c(-c2nc3cc(C)ccc3o2)c1. The van der Waals surface area contributed by atoms with Crippen molar-refractivity contribution in [2.45, 2.75) is 13.8 Å². The Morgan fingerprint density at radius 1 is 1.25 bits per heavy atom. The Morgan fingerprint density at radius 3 is 2.79 bits per heavy atom. The molecule has 2 aromatic carbocycles. The summed E-state index contributed by atoms with van der Waals surface area (Å²) in [4.78, 5) is 15.5. The van der Waals surface area contributed by atoms with Gasteiger partial charge in [-0.2, -0.15) is 0 Å². The van der Waals surface area contributed by atoms with Crippen molar-refractivity contribution in [3.8, 4) is 11.5 Å².